The van der Waals surface area contributed by atoms with Crippen LogP contribution in [0.15, 0.2) is 87.8 Å². The molecule has 0 saturated carbocycles. The molecular formula is C33H31N3O8S. The van der Waals surface area contributed by atoms with Crippen LogP contribution in [0.3, 0.4) is 0 Å². The second-order valence-corrected chi connectivity index (χ2v) is 10.9. The number of allylic oxidation sites excluding steroid dienone is 1. The van der Waals surface area contributed by atoms with Crippen LogP contribution in [0, 0.1) is 10.1 Å². The minimum Gasteiger partial charge on any atom is -0.493 e. The number of esters is 1. The number of rotatable bonds is 11. The van der Waals surface area contributed by atoms with Gasteiger partial charge >= 0.3 is 5.97 Å². The summed E-state index contributed by atoms with van der Waals surface area (Å²) in [7, 11) is 1.55. The molecule has 0 N–H and O–H groups in total. The number of benzene rings is 3. The fourth-order valence-corrected chi connectivity index (χ4v) is 5.98. The average molecular weight is 630 g/mol. The fourth-order valence-electron chi connectivity index (χ4n) is 4.93. The highest BCUT2D eigenvalue weighted by molar-refractivity contribution is 7.07. The normalized spacial score (nSPS) is 14.4. The third-order valence-corrected chi connectivity index (χ3v) is 8.03. The Kier molecular flexibility index (Phi) is 9.43. The molecule has 0 amide bonds. The summed E-state index contributed by atoms with van der Waals surface area (Å²) in [6, 6.07) is 17.9. The summed E-state index contributed by atoms with van der Waals surface area (Å²) in [5.41, 5.74) is 2.68. The van der Waals surface area contributed by atoms with Gasteiger partial charge in [0.05, 0.1) is 47.1 Å². The molecular weight excluding hydrogens is 598 g/mol. The maximum Gasteiger partial charge on any atom is 0.338 e. The van der Waals surface area contributed by atoms with E-state index in [9.17, 15) is 19.7 Å². The fraction of sp³-hybridized carbons (Fsp3) is 0.242. The van der Waals surface area contributed by atoms with Crippen LogP contribution in [0.5, 0.6) is 17.2 Å². The Balaban J connectivity index is 1.48. The van der Waals surface area contributed by atoms with E-state index in [1.54, 1.807) is 69.5 Å². The highest BCUT2D eigenvalue weighted by Gasteiger charge is 2.34. The number of methoxy groups -OCH3 is 1. The van der Waals surface area contributed by atoms with Gasteiger partial charge in [-0.15, -0.1) is 0 Å². The van der Waals surface area contributed by atoms with Gasteiger partial charge in [0, 0.05) is 12.1 Å². The van der Waals surface area contributed by atoms with E-state index < -0.39 is 16.9 Å². The highest BCUT2D eigenvalue weighted by atomic mass is 32.1. The Morgan fingerprint density at radius 3 is 2.40 bits per heavy atom. The molecule has 2 heterocycles. The van der Waals surface area contributed by atoms with Crippen molar-refractivity contribution in [2.75, 3.05) is 20.3 Å². The summed E-state index contributed by atoms with van der Waals surface area (Å²) in [4.78, 5) is 42.7. The molecule has 12 heteroatoms. The van der Waals surface area contributed by atoms with E-state index in [2.05, 4.69) is 4.99 Å². The zero-order valence-electron chi connectivity index (χ0n) is 25.1. The number of nitro groups is 1. The number of ether oxygens (including phenoxy) is 4. The minimum atomic E-state index is -0.789. The largest absolute Gasteiger partial charge is 0.493 e. The van der Waals surface area contributed by atoms with Crippen LogP contribution in [-0.4, -0.2) is 35.8 Å². The second-order valence-electron chi connectivity index (χ2n) is 9.93. The van der Waals surface area contributed by atoms with Crippen molar-refractivity contribution in [3.63, 3.8) is 0 Å². The number of nitrogens with zero attached hydrogens (tertiary/aromatic N) is 3. The van der Waals surface area contributed by atoms with E-state index in [-0.39, 0.29) is 30.0 Å². The molecule has 1 atom stereocenters. The van der Waals surface area contributed by atoms with Crippen LogP contribution in [0.2, 0.25) is 0 Å². The third kappa shape index (κ3) is 6.65. The molecule has 0 spiro atoms. The summed E-state index contributed by atoms with van der Waals surface area (Å²) in [5.74, 6) is 1.09. The number of hydrogen-bond acceptors (Lipinski definition) is 10. The van der Waals surface area contributed by atoms with Crippen molar-refractivity contribution in [2.45, 2.75) is 33.4 Å². The van der Waals surface area contributed by atoms with Crippen LogP contribution in [0.1, 0.15) is 43.5 Å². The quantitative estimate of drug-likeness (QED) is 0.133. The Bertz CT molecular complexity index is 1940. The summed E-state index contributed by atoms with van der Waals surface area (Å²) in [6.45, 7) is 6.15. The molecule has 0 unspecified atom stereocenters. The number of fused-ring (bicyclic) bond motifs is 1. The smallest absolute Gasteiger partial charge is 0.338 e. The Morgan fingerprint density at radius 2 is 1.76 bits per heavy atom. The van der Waals surface area contributed by atoms with E-state index in [0.717, 1.165) is 11.1 Å². The first-order valence-corrected chi connectivity index (χ1v) is 15.0. The Morgan fingerprint density at radius 1 is 1.02 bits per heavy atom. The first kappa shape index (κ1) is 31.2. The zero-order chi connectivity index (χ0) is 32.1. The molecule has 5 rings (SSSR count). The van der Waals surface area contributed by atoms with Crippen LogP contribution < -0.4 is 29.1 Å². The van der Waals surface area contributed by atoms with Crippen LogP contribution in [-0.2, 0) is 16.1 Å². The lowest BCUT2D eigenvalue weighted by molar-refractivity contribution is -0.384. The summed E-state index contributed by atoms with van der Waals surface area (Å²) in [5, 5.41) is 10.9. The first-order valence-electron chi connectivity index (χ1n) is 14.2. The van der Waals surface area contributed by atoms with E-state index in [4.69, 9.17) is 18.9 Å². The SMILES string of the molecule is CCOC(=O)C1=C(C)N=c2s/c(=C\c3ccc(OCc4ccc([N+](=O)[O-])cc4)cc3)c(=O)n2[C@@H]1c1ccc(OC)c(OCC)c1. The predicted octanol–water partition coefficient (Wildman–Crippen LogP) is 4.69. The molecule has 1 aromatic heterocycles. The molecule has 0 aliphatic carbocycles. The van der Waals surface area contributed by atoms with Gasteiger partial charge in [-0.3, -0.25) is 19.5 Å². The maximum absolute atomic E-state index is 13.9. The van der Waals surface area contributed by atoms with Gasteiger partial charge in [0.15, 0.2) is 16.3 Å². The van der Waals surface area contributed by atoms with Gasteiger partial charge in [-0.25, -0.2) is 9.79 Å². The van der Waals surface area contributed by atoms with Crippen molar-refractivity contribution < 1.29 is 28.7 Å². The predicted molar refractivity (Wildman–Crippen MR) is 168 cm³/mol. The number of carbonyl (C=O) groups excluding carboxylic acids is 1. The standard InChI is InChI=1S/C33H31N3O8S/c1-5-42-27-18-23(11-16-26(27)41-4)30-29(32(38)43-6-2)20(3)34-33-35(30)31(37)28(45-33)17-21-9-14-25(15-10-21)44-19-22-7-12-24(13-8-22)36(39)40/h7-18,30H,5-6,19H2,1-4H3/b28-17-/t30-/m1/s1. The molecule has 1 aliphatic heterocycles. The molecule has 11 nitrogen and oxygen atoms in total. The summed E-state index contributed by atoms with van der Waals surface area (Å²) >= 11 is 1.23. The van der Waals surface area contributed by atoms with Gasteiger partial charge in [-0.05, 0) is 79.9 Å². The zero-order valence-corrected chi connectivity index (χ0v) is 26.0. The van der Waals surface area contributed by atoms with Crippen molar-refractivity contribution in [2.24, 2.45) is 4.99 Å². The molecule has 232 valence electrons. The van der Waals surface area contributed by atoms with E-state index in [0.29, 0.717) is 44.4 Å². The number of carbonyl (C=O) groups is 1. The van der Waals surface area contributed by atoms with E-state index >= 15 is 0 Å². The lowest BCUT2D eigenvalue weighted by Crippen LogP contribution is -2.40. The lowest BCUT2D eigenvalue weighted by atomic mass is 9.95. The number of thiazole rings is 1. The van der Waals surface area contributed by atoms with Gasteiger partial charge in [-0.2, -0.15) is 0 Å². The third-order valence-electron chi connectivity index (χ3n) is 7.05. The molecule has 3 aromatic carbocycles. The van der Waals surface area contributed by atoms with Crippen LogP contribution in [0.4, 0.5) is 5.69 Å². The molecule has 4 aromatic rings. The van der Waals surface area contributed by atoms with Gasteiger partial charge < -0.3 is 18.9 Å². The van der Waals surface area contributed by atoms with Crippen molar-refractivity contribution in [3.05, 3.63) is 124 Å². The number of nitro benzene ring substituents is 1. The summed E-state index contributed by atoms with van der Waals surface area (Å²) < 4.78 is 24.4. The first-order chi connectivity index (χ1) is 21.7. The highest BCUT2D eigenvalue weighted by Crippen LogP contribution is 2.36. The molecule has 45 heavy (non-hydrogen) atoms. The maximum atomic E-state index is 13.9. The van der Waals surface area contributed by atoms with E-state index in [1.165, 1.54) is 28.0 Å². The molecule has 0 bridgehead atoms. The molecule has 0 fully saturated rings. The van der Waals surface area contributed by atoms with Gasteiger partial charge in [0.25, 0.3) is 11.2 Å². The monoisotopic (exact) mass is 629 g/mol. The number of hydrogen-bond donors (Lipinski definition) is 0. The Labute approximate surface area is 262 Å². The van der Waals surface area contributed by atoms with Crippen molar-refractivity contribution in [3.8, 4) is 17.2 Å². The molecule has 0 saturated heterocycles. The summed E-state index contributed by atoms with van der Waals surface area (Å²) in [6.07, 6.45) is 1.77. The van der Waals surface area contributed by atoms with Crippen LogP contribution in [0.25, 0.3) is 6.08 Å². The van der Waals surface area contributed by atoms with Gasteiger partial charge in [-0.1, -0.05) is 29.5 Å². The van der Waals surface area contributed by atoms with E-state index in [1.807, 2.05) is 19.1 Å². The number of aromatic nitrogens is 1. The second kappa shape index (κ2) is 13.6. The average Bonchev–Trinajstić information content (AvgIpc) is 3.34. The van der Waals surface area contributed by atoms with Crippen molar-refractivity contribution in [1.82, 2.24) is 4.57 Å². The topological polar surface area (TPSA) is 131 Å². The Hall–Kier alpha value is -5.23. The van der Waals surface area contributed by atoms with Crippen LogP contribution >= 0.6 is 11.3 Å². The number of non-ortho nitro benzene ring substituents is 1. The minimum absolute atomic E-state index is 0.0197. The lowest BCUT2D eigenvalue weighted by Gasteiger charge is -2.25. The van der Waals surface area contributed by atoms with Crippen molar-refractivity contribution in [1.29, 1.82) is 0 Å². The van der Waals surface area contributed by atoms with Gasteiger partial charge in [0.2, 0.25) is 0 Å². The molecule has 0 radical (unpaired) electrons. The molecule has 1 aliphatic rings. The van der Waals surface area contributed by atoms with Gasteiger partial charge in [0.1, 0.15) is 12.4 Å². The van der Waals surface area contributed by atoms with Crippen molar-refractivity contribution >= 4 is 29.1 Å².